The van der Waals surface area contributed by atoms with Crippen molar-refractivity contribution in [2.24, 2.45) is 11.8 Å². The van der Waals surface area contributed by atoms with E-state index in [-0.39, 0.29) is 17.4 Å². The fraction of sp³-hybridized carbons (Fsp3) is 0.553. The van der Waals surface area contributed by atoms with E-state index in [0.717, 1.165) is 37.9 Å². The maximum absolute atomic E-state index is 12.1. The number of esters is 1. The summed E-state index contributed by atoms with van der Waals surface area (Å²) in [6.45, 7) is 19.9. The van der Waals surface area contributed by atoms with E-state index in [1.807, 2.05) is 13.0 Å². The summed E-state index contributed by atoms with van der Waals surface area (Å²) in [7, 11) is -2.56. The molecule has 3 rings (SSSR count). The minimum atomic E-state index is -2.56. The van der Waals surface area contributed by atoms with Crippen molar-refractivity contribution in [3.05, 3.63) is 84.0 Å². The lowest BCUT2D eigenvalue weighted by molar-refractivity contribution is -0.164. The molecule has 0 radical (unpaired) electrons. The number of benzene rings is 2. The lowest BCUT2D eigenvalue weighted by Gasteiger charge is -2.44. The Bertz CT molecular complexity index is 1170. The predicted molar refractivity (Wildman–Crippen MR) is 184 cm³/mol. The predicted octanol–water partition coefficient (Wildman–Crippen LogP) is 7.98. The average molecular weight is 621 g/mol. The standard InChI is InChI=1S/C38H56O5Si/c1-9-40-36(39)28-38(41-25-26-42-38)27-32(5)18-16-17-31(4)23-24-33(30(2)3)29-43-44(37(6,7)8,34-19-12-10-13-20-34)35-21-14-11-15-22-35/h10-15,17,19-22,27,30,33H,9,16,18,23-26,28-29H2,1-8H3/b31-17+,32-27+. The zero-order valence-corrected chi connectivity index (χ0v) is 29.5. The first-order valence-corrected chi connectivity index (χ1v) is 18.4. The van der Waals surface area contributed by atoms with Crippen molar-refractivity contribution in [1.29, 1.82) is 0 Å². The normalized spacial score (nSPS) is 16.8. The Morgan fingerprint density at radius 3 is 2.00 bits per heavy atom. The second kappa shape index (κ2) is 16.7. The number of hydrogen-bond acceptors (Lipinski definition) is 5. The summed E-state index contributed by atoms with van der Waals surface area (Å²) in [6.07, 6.45) is 8.38. The van der Waals surface area contributed by atoms with Crippen molar-refractivity contribution < 1.29 is 23.4 Å². The number of hydrogen-bond donors (Lipinski definition) is 0. The molecule has 0 aliphatic carbocycles. The topological polar surface area (TPSA) is 54.0 Å². The van der Waals surface area contributed by atoms with Crippen LogP contribution in [0.2, 0.25) is 5.04 Å². The molecule has 0 bridgehead atoms. The molecule has 0 amide bonds. The van der Waals surface area contributed by atoms with Crippen LogP contribution in [-0.4, -0.2) is 46.5 Å². The van der Waals surface area contributed by atoms with Crippen LogP contribution < -0.4 is 10.4 Å². The van der Waals surface area contributed by atoms with E-state index in [1.165, 1.54) is 15.9 Å². The van der Waals surface area contributed by atoms with Crippen LogP contribution in [0.5, 0.6) is 0 Å². The number of carbonyl (C=O) groups is 1. The smallest absolute Gasteiger partial charge is 0.311 e. The molecule has 1 aliphatic heterocycles. The van der Waals surface area contributed by atoms with E-state index in [4.69, 9.17) is 18.6 Å². The highest BCUT2D eigenvalue weighted by atomic mass is 28.4. The van der Waals surface area contributed by atoms with E-state index >= 15 is 0 Å². The Morgan fingerprint density at radius 1 is 0.932 bits per heavy atom. The third-order valence-corrected chi connectivity index (χ3v) is 13.8. The van der Waals surface area contributed by atoms with Gasteiger partial charge < -0.3 is 18.6 Å². The first-order chi connectivity index (χ1) is 20.9. The van der Waals surface area contributed by atoms with Gasteiger partial charge in [-0.25, -0.2) is 0 Å². The van der Waals surface area contributed by atoms with Crippen LogP contribution in [0.3, 0.4) is 0 Å². The van der Waals surface area contributed by atoms with Gasteiger partial charge in [0, 0.05) is 6.61 Å². The van der Waals surface area contributed by atoms with Gasteiger partial charge in [-0.3, -0.25) is 4.79 Å². The molecular weight excluding hydrogens is 564 g/mol. The molecule has 242 valence electrons. The average Bonchev–Trinajstić information content (AvgIpc) is 3.42. The summed E-state index contributed by atoms with van der Waals surface area (Å²) in [5, 5.41) is 2.64. The first kappa shape index (κ1) is 36.0. The van der Waals surface area contributed by atoms with E-state index in [1.54, 1.807) is 0 Å². The van der Waals surface area contributed by atoms with Crippen molar-refractivity contribution in [2.75, 3.05) is 26.4 Å². The largest absolute Gasteiger partial charge is 0.466 e. The summed E-state index contributed by atoms with van der Waals surface area (Å²) < 4.78 is 24.1. The molecule has 1 fully saturated rings. The van der Waals surface area contributed by atoms with Gasteiger partial charge in [0.2, 0.25) is 0 Å². The van der Waals surface area contributed by atoms with Crippen molar-refractivity contribution in [3.63, 3.8) is 0 Å². The monoisotopic (exact) mass is 620 g/mol. The fourth-order valence-corrected chi connectivity index (χ4v) is 10.9. The van der Waals surface area contributed by atoms with Gasteiger partial charge in [0.05, 0.1) is 19.8 Å². The molecule has 1 aliphatic rings. The molecule has 1 atom stereocenters. The Hall–Kier alpha value is -2.51. The van der Waals surface area contributed by atoms with Crippen molar-refractivity contribution in [1.82, 2.24) is 0 Å². The molecule has 44 heavy (non-hydrogen) atoms. The SMILES string of the molecule is CCOC(=O)CC1(/C=C(\C)CC/C=C(\C)CCC(CO[Si](c2ccccc2)(c2ccccc2)C(C)(C)C)C(C)C)OCCO1. The van der Waals surface area contributed by atoms with Gasteiger partial charge in [-0.05, 0) is 79.8 Å². The Morgan fingerprint density at radius 2 is 1.50 bits per heavy atom. The molecule has 5 nitrogen and oxygen atoms in total. The second-order valence-corrected chi connectivity index (χ2v) is 17.9. The van der Waals surface area contributed by atoms with Crippen molar-refractivity contribution in [2.45, 2.75) is 98.3 Å². The lowest BCUT2D eigenvalue weighted by atomic mass is 9.90. The van der Waals surface area contributed by atoms with Gasteiger partial charge in [0.15, 0.2) is 5.79 Å². The van der Waals surface area contributed by atoms with Crippen LogP contribution in [-0.2, 0) is 23.4 Å². The van der Waals surface area contributed by atoms with Crippen molar-refractivity contribution in [3.8, 4) is 0 Å². The molecule has 1 saturated heterocycles. The zero-order valence-electron chi connectivity index (χ0n) is 28.5. The van der Waals surface area contributed by atoms with Crippen LogP contribution >= 0.6 is 0 Å². The van der Waals surface area contributed by atoms with Gasteiger partial charge in [-0.2, -0.15) is 0 Å². The first-order valence-electron chi connectivity index (χ1n) is 16.4. The molecule has 0 spiro atoms. The van der Waals surface area contributed by atoms with E-state index in [9.17, 15) is 4.79 Å². The quantitative estimate of drug-likeness (QED) is 0.108. The maximum Gasteiger partial charge on any atom is 0.311 e. The van der Waals surface area contributed by atoms with Gasteiger partial charge in [-0.1, -0.05) is 113 Å². The molecular formula is C38H56O5Si. The highest BCUT2D eigenvalue weighted by Crippen LogP contribution is 2.38. The Balaban J connectivity index is 1.66. The number of allylic oxidation sites excluding steroid dienone is 3. The van der Waals surface area contributed by atoms with E-state index < -0.39 is 14.1 Å². The summed E-state index contributed by atoms with van der Waals surface area (Å²) in [4.78, 5) is 12.1. The zero-order chi connectivity index (χ0) is 32.2. The lowest BCUT2D eigenvalue weighted by Crippen LogP contribution is -2.67. The van der Waals surface area contributed by atoms with Crippen LogP contribution in [0.25, 0.3) is 0 Å². The molecule has 0 N–H and O–H groups in total. The second-order valence-electron chi connectivity index (χ2n) is 13.6. The molecule has 2 aromatic rings. The van der Waals surface area contributed by atoms with Crippen LogP contribution in [0.15, 0.2) is 84.0 Å². The molecule has 0 saturated carbocycles. The minimum absolute atomic E-state index is 0.0259. The summed E-state index contributed by atoms with van der Waals surface area (Å²) in [6, 6.07) is 21.8. The van der Waals surface area contributed by atoms with Crippen LogP contribution in [0, 0.1) is 11.8 Å². The summed E-state index contributed by atoms with van der Waals surface area (Å²) in [5.74, 6) is -0.313. The van der Waals surface area contributed by atoms with Crippen LogP contribution in [0.4, 0.5) is 0 Å². The van der Waals surface area contributed by atoms with E-state index in [0.29, 0.717) is 31.7 Å². The third-order valence-electron chi connectivity index (χ3n) is 8.75. The van der Waals surface area contributed by atoms with Crippen molar-refractivity contribution >= 4 is 24.7 Å². The molecule has 1 unspecified atom stereocenters. The Kier molecular flexibility index (Phi) is 13.6. The molecule has 1 heterocycles. The highest BCUT2D eigenvalue weighted by Gasteiger charge is 2.50. The number of rotatable bonds is 16. The van der Waals surface area contributed by atoms with Gasteiger partial charge in [0.25, 0.3) is 8.32 Å². The summed E-state index contributed by atoms with van der Waals surface area (Å²) in [5.41, 5.74) is 2.56. The maximum atomic E-state index is 12.1. The minimum Gasteiger partial charge on any atom is -0.466 e. The highest BCUT2D eigenvalue weighted by molar-refractivity contribution is 6.99. The Labute approximate surface area is 268 Å². The van der Waals surface area contributed by atoms with Gasteiger partial charge >= 0.3 is 5.97 Å². The molecule has 2 aromatic carbocycles. The third kappa shape index (κ3) is 9.74. The summed E-state index contributed by atoms with van der Waals surface area (Å²) >= 11 is 0. The number of carbonyl (C=O) groups excluding carboxylic acids is 1. The molecule has 0 aromatic heterocycles. The van der Waals surface area contributed by atoms with Crippen LogP contribution in [0.1, 0.15) is 87.5 Å². The number of ether oxygens (including phenoxy) is 3. The van der Waals surface area contributed by atoms with Gasteiger partial charge in [-0.15, -0.1) is 0 Å². The van der Waals surface area contributed by atoms with E-state index in [2.05, 4.69) is 115 Å². The molecule has 6 heteroatoms. The van der Waals surface area contributed by atoms with Gasteiger partial charge in [0.1, 0.15) is 6.42 Å². The fourth-order valence-electron chi connectivity index (χ4n) is 6.23.